The highest BCUT2D eigenvalue weighted by Gasteiger charge is 2.24. The third-order valence-electron chi connectivity index (χ3n) is 5.97. The van der Waals surface area contributed by atoms with Crippen LogP contribution in [0.3, 0.4) is 0 Å². The molecule has 0 saturated heterocycles. The van der Waals surface area contributed by atoms with E-state index in [4.69, 9.17) is 12.2 Å². The van der Waals surface area contributed by atoms with Gasteiger partial charge in [0.05, 0.1) is 17.7 Å². The Kier molecular flexibility index (Phi) is 10.5. The Balaban J connectivity index is 1.74. The molecule has 0 bridgehead atoms. The van der Waals surface area contributed by atoms with Gasteiger partial charge in [-0.1, -0.05) is 31.2 Å². The van der Waals surface area contributed by atoms with Crippen molar-refractivity contribution in [1.82, 2.24) is 16.0 Å². The van der Waals surface area contributed by atoms with Gasteiger partial charge in [-0.25, -0.2) is 8.78 Å². The molecule has 2 atom stereocenters. The van der Waals surface area contributed by atoms with Gasteiger partial charge in [0.15, 0.2) is 5.11 Å². The maximum absolute atomic E-state index is 13.8. The van der Waals surface area contributed by atoms with Crippen LogP contribution >= 0.6 is 12.2 Å². The van der Waals surface area contributed by atoms with E-state index in [-0.39, 0.29) is 29.8 Å². The Morgan fingerprint density at radius 1 is 1.00 bits per heavy atom. The van der Waals surface area contributed by atoms with E-state index in [1.807, 2.05) is 18.2 Å². The van der Waals surface area contributed by atoms with Crippen LogP contribution in [0, 0.1) is 11.6 Å². The first-order chi connectivity index (χ1) is 18.2. The Hall–Kier alpha value is -3.60. The zero-order chi connectivity index (χ0) is 27.7. The van der Waals surface area contributed by atoms with Crippen molar-refractivity contribution in [3.05, 3.63) is 94.6 Å². The van der Waals surface area contributed by atoms with Crippen LogP contribution in [0.5, 0.6) is 5.75 Å². The van der Waals surface area contributed by atoms with E-state index in [0.29, 0.717) is 17.3 Å². The molecule has 0 spiro atoms. The number of thiocarbonyl (C=S) groups is 1. The first-order valence-corrected chi connectivity index (χ1v) is 12.6. The number of carbonyl (C=O) groups is 1. The molecular weight excluding hydrogens is 510 g/mol. The van der Waals surface area contributed by atoms with Crippen molar-refractivity contribution in [2.75, 3.05) is 18.9 Å². The third kappa shape index (κ3) is 8.47. The molecule has 3 aromatic rings. The number of aromatic hydroxyl groups is 1. The molecule has 0 radical (unpaired) electrons. The molecule has 0 aromatic heterocycles. The molecule has 0 aliphatic heterocycles. The summed E-state index contributed by atoms with van der Waals surface area (Å²) in [7, 11) is 1.64. The number of aliphatic hydroxyl groups excluding tert-OH is 1. The highest BCUT2D eigenvalue weighted by molar-refractivity contribution is 7.80. The first-order valence-electron chi connectivity index (χ1n) is 12.2. The van der Waals surface area contributed by atoms with Gasteiger partial charge in [-0.05, 0) is 66.0 Å². The molecule has 0 heterocycles. The fourth-order valence-corrected chi connectivity index (χ4v) is 4.09. The number of aliphatic hydroxyl groups is 1. The zero-order valence-corrected chi connectivity index (χ0v) is 22.0. The molecule has 3 rings (SSSR count). The highest BCUT2D eigenvalue weighted by atomic mass is 32.1. The van der Waals surface area contributed by atoms with Crippen LogP contribution in [0.2, 0.25) is 0 Å². The topological polar surface area (TPSA) is 106 Å². The standard InChI is InChI=1S/C28H32F2N4O3S/c1-3-17-5-4-6-18(9-17)15-32-16-26(36)24(12-19-10-20(29)13-21(30)11-19)34-27(37)23-8-7-22(14-25(23)35)33-28(38)31-2/h4-11,13-14,24,26,32,35-36H,3,12,15-16H2,1-2H3,(H,34,37)(H2,31,33,38)/t24-,26+/m0/s1. The first kappa shape index (κ1) is 29.0. The molecule has 38 heavy (non-hydrogen) atoms. The molecule has 1 amide bonds. The number of carbonyl (C=O) groups excluding carboxylic acids is 1. The summed E-state index contributed by atoms with van der Waals surface area (Å²) in [5, 5.41) is 33.2. The molecule has 0 aliphatic rings. The zero-order valence-electron chi connectivity index (χ0n) is 21.2. The predicted octanol–water partition coefficient (Wildman–Crippen LogP) is 3.64. The van der Waals surface area contributed by atoms with Crippen molar-refractivity contribution >= 4 is 28.9 Å². The van der Waals surface area contributed by atoms with Crippen molar-refractivity contribution < 1.29 is 23.8 Å². The fraction of sp³-hybridized carbons (Fsp3) is 0.286. The normalized spacial score (nSPS) is 12.4. The van der Waals surface area contributed by atoms with Gasteiger partial charge in [-0.15, -0.1) is 0 Å². The number of aryl methyl sites for hydroxylation is 1. The minimum Gasteiger partial charge on any atom is -0.507 e. The summed E-state index contributed by atoms with van der Waals surface area (Å²) >= 11 is 5.04. The van der Waals surface area contributed by atoms with Gasteiger partial charge in [0.1, 0.15) is 17.4 Å². The van der Waals surface area contributed by atoms with E-state index in [0.717, 1.165) is 30.2 Å². The number of hydrogen-bond acceptors (Lipinski definition) is 5. The number of halogens is 2. The maximum Gasteiger partial charge on any atom is 0.255 e. The number of phenols is 1. The van der Waals surface area contributed by atoms with Crippen molar-refractivity contribution in [2.45, 2.75) is 38.5 Å². The van der Waals surface area contributed by atoms with Crippen LogP contribution in [0.1, 0.15) is 34.0 Å². The van der Waals surface area contributed by atoms with Crippen molar-refractivity contribution in [3.8, 4) is 5.75 Å². The van der Waals surface area contributed by atoms with Crippen molar-refractivity contribution in [3.63, 3.8) is 0 Å². The number of nitrogens with one attached hydrogen (secondary N) is 4. The van der Waals surface area contributed by atoms with Crippen LogP contribution in [0.25, 0.3) is 0 Å². The molecule has 6 N–H and O–H groups in total. The van der Waals surface area contributed by atoms with E-state index >= 15 is 0 Å². The van der Waals surface area contributed by atoms with Gasteiger partial charge in [-0.3, -0.25) is 4.79 Å². The monoisotopic (exact) mass is 542 g/mol. The summed E-state index contributed by atoms with van der Waals surface area (Å²) < 4.78 is 27.6. The van der Waals surface area contributed by atoms with E-state index in [1.165, 1.54) is 17.7 Å². The molecular formula is C28H32F2N4O3S. The average Bonchev–Trinajstić information content (AvgIpc) is 2.87. The lowest BCUT2D eigenvalue weighted by Crippen LogP contribution is -2.48. The quantitative estimate of drug-likeness (QED) is 0.206. The van der Waals surface area contributed by atoms with E-state index in [2.05, 4.69) is 34.3 Å². The number of rotatable bonds is 11. The Morgan fingerprint density at radius 2 is 1.71 bits per heavy atom. The lowest BCUT2D eigenvalue weighted by atomic mass is 9.99. The molecule has 0 unspecified atom stereocenters. The smallest absolute Gasteiger partial charge is 0.255 e. The van der Waals surface area contributed by atoms with E-state index < -0.39 is 29.7 Å². The Labute approximate surface area is 226 Å². The molecule has 0 fully saturated rings. The third-order valence-corrected chi connectivity index (χ3v) is 6.27. The van der Waals surface area contributed by atoms with Crippen molar-refractivity contribution in [2.24, 2.45) is 0 Å². The number of benzene rings is 3. The van der Waals surface area contributed by atoms with Gasteiger partial charge < -0.3 is 31.5 Å². The second-order valence-electron chi connectivity index (χ2n) is 8.87. The number of anilines is 1. The molecule has 0 saturated carbocycles. The highest BCUT2D eigenvalue weighted by Crippen LogP contribution is 2.22. The summed E-state index contributed by atoms with van der Waals surface area (Å²) in [6, 6.07) is 14.5. The van der Waals surface area contributed by atoms with Gasteiger partial charge in [0, 0.05) is 38.0 Å². The maximum atomic E-state index is 13.8. The summed E-state index contributed by atoms with van der Waals surface area (Å²) in [5.41, 5.74) is 2.95. The Morgan fingerprint density at radius 3 is 2.37 bits per heavy atom. The molecule has 0 aliphatic carbocycles. The molecule has 202 valence electrons. The lowest BCUT2D eigenvalue weighted by Gasteiger charge is -2.25. The van der Waals surface area contributed by atoms with Gasteiger partial charge in [0.2, 0.25) is 0 Å². The average molecular weight is 543 g/mol. The van der Waals surface area contributed by atoms with Crippen LogP contribution in [0.4, 0.5) is 14.5 Å². The van der Waals surface area contributed by atoms with Crippen LogP contribution < -0.4 is 21.3 Å². The minimum atomic E-state index is -1.10. The second kappa shape index (κ2) is 13.8. The molecule has 3 aromatic carbocycles. The van der Waals surface area contributed by atoms with Crippen LogP contribution in [-0.4, -0.2) is 47.0 Å². The number of amides is 1. The largest absolute Gasteiger partial charge is 0.507 e. The lowest BCUT2D eigenvalue weighted by molar-refractivity contribution is 0.0827. The molecule has 10 heteroatoms. The van der Waals surface area contributed by atoms with Crippen LogP contribution in [-0.2, 0) is 19.4 Å². The summed E-state index contributed by atoms with van der Waals surface area (Å²) in [5.74, 6) is -2.46. The predicted molar refractivity (Wildman–Crippen MR) is 148 cm³/mol. The summed E-state index contributed by atoms with van der Waals surface area (Å²) in [6.07, 6.45) is -0.234. The van der Waals surface area contributed by atoms with Crippen molar-refractivity contribution in [1.29, 1.82) is 0 Å². The molecule has 7 nitrogen and oxygen atoms in total. The SMILES string of the molecule is CCc1cccc(CNC[C@@H](O)[C@H](Cc2cc(F)cc(F)c2)NC(=O)c2ccc(NC(=S)NC)cc2O)c1. The number of phenolic OH excluding ortho intramolecular Hbond substituents is 1. The van der Waals surface area contributed by atoms with Crippen LogP contribution in [0.15, 0.2) is 60.7 Å². The number of hydrogen-bond donors (Lipinski definition) is 6. The Bertz CT molecular complexity index is 1250. The van der Waals surface area contributed by atoms with Gasteiger partial charge in [0.25, 0.3) is 5.91 Å². The van der Waals surface area contributed by atoms with E-state index in [9.17, 15) is 23.8 Å². The second-order valence-corrected chi connectivity index (χ2v) is 9.28. The summed E-state index contributed by atoms with van der Waals surface area (Å²) in [4.78, 5) is 13.1. The fourth-order valence-electron chi connectivity index (χ4n) is 3.97. The minimum absolute atomic E-state index is 0.0297. The van der Waals surface area contributed by atoms with Gasteiger partial charge >= 0.3 is 0 Å². The van der Waals surface area contributed by atoms with E-state index in [1.54, 1.807) is 13.1 Å². The van der Waals surface area contributed by atoms with Gasteiger partial charge in [-0.2, -0.15) is 0 Å². The summed E-state index contributed by atoms with van der Waals surface area (Å²) in [6.45, 7) is 2.66.